The zero-order valence-corrected chi connectivity index (χ0v) is 17.5. The summed E-state index contributed by atoms with van der Waals surface area (Å²) < 4.78 is -2.70. The second-order valence-electron chi connectivity index (χ2n) is 6.22. The van der Waals surface area contributed by atoms with Crippen molar-refractivity contribution in [1.82, 2.24) is 0 Å². The molecule has 0 N–H and O–H groups in total. The first kappa shape index (κ1) is 18.9. The minimum atomic E-state index is -2.70. The number of azide groups is 1. The van der Waals surface area contributed by atoms with Crippen molar-refractivity contribution in [1.29, 1.82) is 0 Å². The first-order valence-electron chi connectivity index (χ1n) is 8.60. The molecule has 3 rings (SSSR count). The van der Waals surface area contributed by atoms with Gasteiger partial charge in [-0.15, -0.1) is 0 Å². The van der Waals surface area contributed by atoms with E-state index in [4.69, 9.17) is 5.53 Å². The molecule has 0 atom stereocenters. The number of hydrogen-bond donors (Lipinski definition) is 0. The number of nitrogens with zero attached hydrogens (tertiary/aromatic N) is 3. The van der Waals surface area contributed by atoms with Crippen molar-refractivity contribution in [3.63, 3.8) is 0 Å². The Morgan fingerprint density at radius 2 is 1.12 bits per heavy atom. The molecule has 0 bridgehead atoms. The van der Waals surface area contributed by atoms with E-state index in [-0.39, 0.29) is 0 Å². The van der Waals surface area contributed by atoms with Gasteiger partial charge in [0.1, 0.15) is 0 Å². The van der Waals surface area contributed by atoms with Gasteiger partial charge in [-0.2, -0.15) is 0 Å². The molecule has 0 saturated heterocycles. The van der Waals surface area contributed by atoms with Gasteiger partial charge in [0.2, 0.25) is 0 Å². The van der Waals surface area contributed by atoms with Crippen molar-refractivity contribution in [2.75, 3.05) is 12.7 Å². The summed E-state index contributed by atoms with van der Waals surface area (Å²) in [6.07, 6.45) is 1.81. The SMILES string of the molecule is [N-]=[N+]=NCCCP(I)(c1ccccc1)(c1ccccc1)c1ccccc1. The van der Waals surface area contributed by atoms with Gasteiger partial charge in [0.05, 0.1) is 0 Å². The number of benzene rings is 3. The Hall–Kier alpha value is -1.87. The zero-order chi connectivity index (χ0) is 18.3. The fourth-order valence-electron chi connectivity index (χ4n) is 3.53. The van der Waals surface area contributed by atoms with Crippen molar-refractivity contribution >= 4 is 42.2 Å². The van der Waals surface area contributed by atoms with Gasteiger partial charge in [-0.25, -0.2) is 0 Å². The van der Waals surface area contributed by atoms with Crippen LogP contribution >= 0.6 is 26.3 Å². The van der Waals surface area contributed by atoms with Gasteiger partial charge in [0.15, 0.2) is 0 Å². The van der Waals surface area contributed by atoms with Crippen LogP contribution in [0.25, 0.3) is 10.4 Å². The Kier molecular flexibility index (Phi) is 5.98. The van der Waals surface area contributed by atoms with Gasteiger partial charge in [-0.05, 0) is 0 Å². The molecule has 3 nitrogen and oxygen atoms in total. The van der Waals surface area contributed by atoms with Crippen LogP contribution in [0.1, 0.15) is 6.42 Å². The van der Waals surface area contributed by atoms with E-state index in [9.17, 15) is 0 Å². The average molecular weight is 473 g/mol. The molecule has 26 heavy (non-hydrogen) atoms. The van der Waals surface area contributed by atoms with Crippen LogP contribution in [0.4, 0.5) is 0 Å². The van der Waals surface area contributed by atoms with E-state index in [1.165, 1.54) is 15.9 Å². The first-order valence-corrected chi connectivity index (χ1v) is 13.8. The molecule has 0 aliphatic carbocycles. The van der Waals surface area contributed by atoms with E-state index in [0.717, 1.165) is 12.6 Å². The number of rotatable bonds is 7. The average Bonchev–Trinajstić information content (AvgIpc) is 2.73. The monoisotopic (exact) mass is 473 g/mol. The third-order valence-electron chi connectivity index (χ3n) is 4.78. The molecule has 0 heterocycles. The van der Waals surface area contributed by atoms with E-state index in [0.29, 0.717) is 6.54 Å². The second-order valence-corrected chi connectivity index (χ2v) is 17.0. The molecule has 0 fully saturated rings. The predicted octanol–water partition coefficient (Wildman–Crippen LogP) is 5.57. The fraction of sp³-hybridized carbons (Fsp3) is 0.143. The van der Waals surface area contributed by atoms with Crippen molar-refractivity contribution < 1.29 is 0 Å². The van der Waals surface area contributed by atoms with Crippen LogP contribution in [0.2, 0.25) is 0 Å². The molecule has 0 unspecified atom stereocenters. The van der Waals surface area contributed by atoms with Gasteiger partial charge in [0.25, 0.3) is 0 Å². The van der Waals surface area contributed by atoms with Gasteiger partial charge < -0.3 is 0 Å². The second kappa shape index (κ2) is 8.22. The summed E-state index contributed by atoms with van der Waals surface area (Å²) in [4.78, 5) is 2.93. The molecular formula is C21H21IN3P. The Balaban J connectivity index is 2.29. The van der Waals surface area contributed by atoms with Crippen molar-refractivity contribution in [2.24, 2.45) is 5.11 Å². The molecule has 0 amide bonds. The standard InChI is InChI=1S/C21H21IN3P/c22-26(18-10-17-24-25-23,19-11-4-1-5-12-19,20-13-6-2-7-14-20)21-15-8-3-9-16-21/h1-9,11-16H,10,17-18H2. The molecule has 3 aromatic rings. The summed E-state index contributed by atoms with van der Waals surface area (Å²) in [6, 6.07) is 32.4. The van der Waals surface area contributed by atoms with Crippen LogP contribution in [0, 0.1) is 0 Å². The van der Waals surface area contributed by atoms with E-state index in [1.807, 2.05) is 0 Å². The molecule has 0 saturated carbocycles. The predicted molar refractivity (Wildman–Crippen MR) is 123 cm³/mol. The summed E-state index contributed by atoms with van der Waals surface area (Å²) in [7, 11) is 0. The molecule has 0 aliphatic rings. The van der Waals surface area contributed by atoms with Gasteiger partial charge in [0, 0.05) is 0 Å². The maximum absolute atomic E-state index is 8.68. The van der Waals surface area contributed by atoms with E-state index >= 15 is 0 Å². The molecular weight excluding hydrogens is 452 g/mol. The van der Waals surface area contributed by atoms with Crippen LogP contribution in [-0.2, 0) is 0 Å². The molecule has 0 aliphatic heterocycles. The molecule has 3 aromatic carbocycles. The molecule has 132 valence electrons. The molecule has 5 heteroatoms. The van der Waals surface area contributed by atoms with Crippen LogP contribution in [-0.4, -0.2) is 12.7 Å². The van der Waals surface area contributed by atoms with E-state index in [1.54, 1.807) is 0 Å². The van der Waals surface area contributed by atoms with Gasteiger partial charge in [-0.1, -0.05) is 0 Å². The van der Waals surface area contributed by atoms with Gasteiger partial charge in [-0.3, -0.25) is 0 Å². The topological polar surface area (TPSA) is 48.8 Å². The van der Waals surface area contributed by atoms with Crippen LogP contribution in [0.5, 0.6) is 0 Å². The summed E-state index contributed by atoms with van der Waals surface area (Å²) in [6.45, 7) is 0.518. The summed E-state index contributed by atoms with van der Waals surface area (Å²) in [5, 5.41) is 7.86. The first-order chi connectivity index (χ1) is 12.7. The van der Waals surface area contributed by atoms with Crippen molar-refractivity contribution in [2.45, 2.75) is 6.42 Å². The number of halogens is 1. The summed E-state index contributed by atoms with van der Waals surface area (Å²) in [5.74, 6) is 0. The molecule has 0 spiro atoms. The summed E-state index contributed by atoms with van der Waals surface area (Å²) in [5.41, 5.74) is 8.68. The Bertz CT molecular complexity index is 795. The third-order valence-corrected chi connectivity index (χ3v) is 16.5. The van der Waals surface area contributed by atoms with Crippen LogP contribution < -0.4 is 15.9 Å². The Morgan fingerprint density at radius 1 is 0.731 bits per heavy atom. The zero-order valence-electron chi connectivity index (χ0n) is 14.4. The maximum atomic E-state index is 8.68. The van der Waals surface area contributed by atoms with Crippen molar-refractivity contribution in [3.8, 4) is 0 Å². The normalized spacial score (nSPS) is 12.6. The Morgan fingerprint density at radius 3 is 1.46 bits per heavy atom. The number of hydrogen-bond acceptors (Lipinski definition) is 1. The molecule has 0 aromatic heterocycles. The third kappa shape index (κ3) is 3.37. The van der Waals surface area contributed by atoms with Crippen LogP contribution in [0.3, 0.4) is 0 Å². The fourth-order valence-corrected chi connectivity index (χ4v) is 12.2. The van der Waals surface area contributed by atoms with Crippen LogP contribution in [0.15, 0.2) is 96.1 Å². The quantitative estimate of drug-likeness (QED) is 0.108. The Labute approximate surface area is 167 Å². The van der Waals surface area contributed by atoms with E-state index < -0.39 is 4.25 Å². The minimum absolute atomic E-state index is 0.518. The molecule has 0 radical (unpaired) electrons. The van der Waals surface area contributed by atoms with Gasteiger partial charge >= 0.3 is 168 Å². The van der Waals surface area contributed by atoms with E-state index in [2.05, 4.69) is 123 Å². The van der Waals surface area contributed by atoms with Crippen molar-refractivity contribution in [3.05, 3.63) is 101 Å². The summed E-state index contributed by atoms with van der Waals surface area (Å²) >= 11 is 2.75.